The number of piperidine rings is 1. The Morgan fingerprint density at radius 2 is 1.93 bits per heavy atom. The van der Waals surface area contributed by atoms with Crippen molar-refractivity contribution in [1.29, 1.82) is 0 Å². The van der Waals surface area contributed by atoms with Crippen LogP contribution in [0.2, 0.25) is 0 Å². The van der Waals surface area contributed by atoms with E-state index in [2.05, 4.69) is 49.9 Å². The number of likely N-dealkylation sites (tertiary alicyclic amines) is 1. The molecule has 6 nitrogen and oxygen atoms in total. The van der Waals surface area contributed by atoms with E-state index in [1.54, 1.807) is 6.33 Å². The molecule has 1 atom stereocenters. The Bertz CT molecular complexity index is 913. The molecular weight excluding hydrogens is 352 g/mol. The van der Waals surface area contributed by atoms with Crippen LogP contribution in [-0.4, -0.2) is 51.8 Å². The SMILES string of the molecule is c1cc(OC2CCN(Cc3cncnc3)CC2)c2ccn(C3CCOC3)c2c1. The second-order valence-corrected chi connectivity index (χ2v) is 7.77. The van der Waals surface area contributed by atoms with Crippen LogP contribution in [0.15, 0.2) is 49.2 Å². The van der Waals surface area contributed by atoms with E-state index in [0.29, 0.717) is 6.04 Å². The Kier molecular flexibility index (Phi) is 4.97. The molecule has 2 fully saturated rings. The Labute approximate surface area is 165 Å². The summed E-state index contributed by atoms with van der Waals surface area (Å²) in [6.07, 6.45) is 11.0. The number of rotatable bonds is 5. The Morgan fingerprint density at radius 1 is 1.07 bits per heavy atom. The van der Waals surface area contributed by atoms with Crippen molar-refractivity contribution in [3.05, 3.63) is 54.7 Å². The van der Waals surface area contributed by atoms with Crippen molar-refractivity contribution in [3.63, 3.8) is 0 Å². The van der Waals surface area contributed by atoms with Gasteiger partial charge < -0.3 is 14.0 Å². The molecule has 5 rings (SSSR count). The number of ether oxygens (including phenoxy) is 2. The summed E-state index contributed by atoms with van der Waals surface area (Å²) in [4.78, 5) is 10.7. The lowest BCUT2D eigenvalue weighted by Crippen LogP contribution is -2.37. The van der Waals surface area contributed by atoms with Gasteiger partial charge in [-0.1, -0.05) is 6.07 Å². The molecule has 2 saturated heterocycles. The molecule has 0 bridgehead atoms. The van der Waals surface area contributed by atoms with Gasteiger partial charge in [0, 0.05) is 55.8 Å². The van der Waals surface area contributed by atoms with Gasteiger partial charge in [0.25, 0.3) is 0 Å². The quantitative estimate of drug-likeness (QED) is 0.681. The first-order chi connectivity index (χ1) is 13.9. The summed E-state index contributed by atoms with van der Waals surface area (Å²) >= 11 is 0. The van der Waals surface area contributed by atoms with Crippen LogP contribution in [0.1, 0.15) is 30.9 Å². The first-order valence-electron chi connectivity index (χ1n) is 10.2. The second kappa shape index (κ2) is 7.89. The van der Waals surface area contributed by atoms with E-state index in [1.165, 1.54) is 16.5 Å². The van der Waals surface area contributed by atoms with E-state index < -0.39 is 0 Å². The summed E-state index contributed by atoms with van der Waals surface area (Å²) in [6, 6.07) is 9.02. The van der Waals surface area contributed by atoms with Crippen LogP contribution in [0.4, 0.5) is 0 Å². The van der Waals surface area contributed by atoms with Gasteiger partial charge in [-0.05, 0) is 37.5 Å². The largest absolute Gasteiger partial charge is 0.490 e. The molecule has 0 radical (unpaired) electrons. The van der Waals surface area contributed by atoms with Crippen molar-refractivity contribution in [2.24, 2.45) is 0 Å². The number of benzene rings is 1. The van der Waals surface area contributed by atoms with Gasteiger partial charge in [-0.2, -0.15) is 0 Å². The Morgan fingerprint density at radius 3 is 2.71 bits per heavy atom. The highest BCUT2D eigenvalue weighted by atomic mass is 16.5. The molecule has 3 aromatic rings. The zero-order chi connectivity index (χ0) is 18.8. The summed E-state index contributed by atoms with van der Waals surface area (Å²) in [5.41, 5.74) is 2.42. The van der Waals surface area contributed by atoms with Gasteiger partial charge in [0.15, 0.2) is 0 Å². The van der Waals surface area contributed by atoms with Crippen LogP contribution in [0.3, 0.4) is 0 Å². The highest BCUT2D eigenvalue weighted by Crippen LogP contribution is 2.32. The zero-order valence-electron chi connectivity index (χ0n) is 16.0. The number of fused-ring (bicyclic) bond motifs is 1. The second-order valence-electron chi connectivity index (χ2n) is 7.77. The van der Waals surface area contributed by atoms with Crippen LogP contribution in [0.25, 0.3) is 10.9 Å². The van der Waals surface area contributed by atoms with E-state index in [9.17, 15) is 0 Å². The summed E-state index contributed by atoms with van der Waals surface area (Å²) in [7, 11) is 0. The maximum Gasteiger partial charge on any atom is 0.129 e. The van der Waals surface area contributed by atoms with Crippen LogP contribution < -0.4 is 4.74 Å². The van der Waals surface area contributed by atoms with E-state index in [1.807, 2.05) is 12.4 Å². The van der Waals surface area contributed by atoms with Crippen molar-refractivity contribution >= 4 is 10.9 Å². The highest BCUT2D eigenvalue weighted by Gasteiger charge is 2.23. The topological polar surface area (TPSA) is 52.4 Å². The van der Waals surface area contributed by atoms with Gasteiger partial charge in [-0.25, -0.2) is 9.97 Å². The number of hydrogen-bond acceptors (Lipinski definition) is 5. The maximum absolute atomic E-state index is 6.45. The lowest BCUT2D eigenvalue weighted by molar-refractivity contribution is 0.0978. The average Bonchev–Trinajstić information content (AvgIpc) is 3.40. The lowest BCUT2D eigenvalue weighted by atomic mass is 10.1. The van der Waals surface area contributed by atoms with Crippen LogP contribution in [0, 0.1) is 0 Å². The van der Waals surface area contributed by atoms with Gasteiger partial charge in [0.1, 0.15) is 18.2 Å². The van der Waals surface area contributed by atoms with Crippen LogP contribution in [0.5, 0.6) is 5.75 Å². The molecule has 1 unspecified atom stereocenters. The third kappa shape index (κ3) is 3.62. The molecule has 0 aliphatic carbocycles. The zero-order valence-corrected chi connectivity index (χ0v) is 16.0. The van der Waals surface area contributed by atoms with Gasteiger partial charge in [-0.3, -0.25) is 4.90 Å². The molecule has 4 heterocycles. The van der Waals surface area contributed by atoms with Gasteiger partial charge in [0.05, 0.1) is 18.2 Å². The minimum absolute atomic E-state index is 0.270. The fourth-order valence-electron chi connectivity index (χ4n) is 4.36. The summed E-state index contributed by atoms with van der Waals surface area (Å²) in [5, 5.41) is 1.21. The molecule has 1 aromatic carbocycles. The smallest absolute Gasteiger partial charge is 0.129 e. The summed E-state index contributed by atoms with van der Waals surface area (Å²) < 4.78 is 14.4. The number of nitrogens with zero attached hydrogens (tertiary/aromatic N) is 4. The highest BCUT2D eigenvalue weighted by molar-refractivity contribution is 5.86. The molecule has 0 saturated carbocycles. The predicted molar refractivity (Wildman–Crippen MR) is 107 cm³/mol. The Balaban J connectivity index is 1.24. The molecule has 2 aliphatic heterocycles. The lowest BCUT2D eigenvalue weighted by Gasteiger charge is -2.32. The molecule has 0 spiro atoms. The third-order valence-electron chi connectivity index (χ3n) is 5.87. The molecule has 146 valence electrons. The fraction of sp³-hybridized carbons (Fsp3) is 0.455. The minimum atomic E-state index is 0.270. The first-order valence-corrected chi connectivity index (χ1v) is 10.2. The van der Waals surface area contributed by atoms with Gasteiger partial charge in [-0.15, -0.1) is 0 Å². The monoisotopic (exact) mass is 378 g/mol. The fourth-order valence-corrected chi connectivity index (χ4v) is 4.36. The van der Waals surface area contributed by atoms with Crippen LogP contribution in [-0.2, 0) is 11.3 Å². The van der Waals surface area contributed by atoms with E-state index in [4.69, 9.17) is 9.47 Å². The molecule has 2 aliphatic rings. The molecule has 28 heavy (non-hydrogen) atoms. The first kappa shape index (κ1) is 17.6. The van der Waals surface area contributed by atoms with Crippen LogP contribution >= 0.6 is 0 Å². The molecule has 0 N–H and O–H groups in total. The van der Waals surface area contributed by atoms with Crippen molar-refractivity contribution in [1.82, 2.24) is 19.4 Å². The molecule has 2 aromatic heterocycles. The van der Waals surface area contributed by atoms with Crippen molar-refractivity contribution in [2.75, 3.05) is 26.3 Å². The minimum Gasteiger partial charge on any atom is -0.490 e. The van der Waals surface area contributed by atoms with Gasteiger partial charge >= 0.3 is 0 Å². The van der Waals surface area contributed by atoms with Crippen molar-refractivity contribution < 1.29 is 9.47 Å². The van der Waals surface area contributed by atoms with E-state index in [-0.39, 0.29) is 6.10 Å². The van der Waals surface area contributed by atoms with Gasteiger partial charge in [0.2, 0.25) is 0 Å². The maximum atomic E-state index is 6.45. The molecule has 0 amide bonds. The predicted octanol–water partition coefficient (Wildman–Crippen LogP) is 3.44. The van der Waals surface area contributed by atoms with E-state index >= 15 is 0 Å². The summed E-state index contributed by atoms with van der Waals surface area (Å²) in [6.45, 7) is 4.65. The molecule has 6 heteroatoms. The molecular formula is C22H26N4O2. The van der Waals surface area contributed by atoms with Crippen molar-refractivity contribution in [2.45, 2.75) is 38.0 Å². The number of aromatic nitrogens is 3. The third-order valence-corrected chi connectivity index (χ3v) is 5.87. The summed E-state index contributed by atoms with van der Waals surface area (Å²) in [5.74, 6) is 1.00. The average molecular weight is 378 g/mol. The Hall–Kier alpha value is -2.44. The van der Waals surface area contributed by atoms with Crippen molar-refractivity contribution in [3.8, 4) is 5.75 Å². The standard InChI is InChI=1S/C22H26N4O2/c1-2-21-20(6-10-26(21)18-7-11-27-15-18)22(3-1)28-19-4-8-25(9-5-19)14-17-12-23-16-24-13-17/h1-3,6,10,12-13,16,18-19H,4-5,7-9,11,14-15H2. The van der Waals surface area contributed by atoms with E-state index in [0.717, 1.165) is 57.9 Å². The number of hydrogen-bond donors (Lipinski definition) is 0. The normalized spacial score (nSPS) is 21.4.